The SMILES string of the molecule is COc1ccc(N)cc1OC1CCOC1=O. The lowest BCUT2D eigenvalue weighted by molar-refractivity contribution is -0.143. The van der Waals surface area contributed by atoms with E-state index in [0.717, 1.165) is 0 Å². The molecule has 0 saturated carbocycles. The van der Waals surface area contributed by atoms with Gasteiger partial charge in [0.1, 0.15) is 0 Å². The van der Waals surface area contributed by atoms with Crippen molar-refractivity contribution in [1.82, 2.24) is 0 Å². The number of hydrogen-bond acceptors (Lipinski definition) is 5. The molecule has 1 aromatic carbocycles. The smallest absolute Gasteiger partial charge is 0.347 e. The molecular weight excluding hydrogens is 210 g/mol. The van der Waals surface area contributed by atoms with Gasteiger partial charge in [0, 0.05) is 18.2 Å². The molecular formula is C11H13NO4. The van der Waals surface area contributed by atoms with Gasteiger partial charge < -0.3 is 19.9 Å². The minimum Gasteiger partial charge on any atom is -0.493 e. The van der Waals surface area contributed by atoms with Gasteiger partial charge in [-0.05, 0) is 12.1 Å². The Morgan fingerprint density at radius 2 is 2.25 bits per heavy atom. The Hall–Kier alpha value is -1.91. The predicted octanol–water partition coefficient (Wildman–Crippen LogP) is 0.972. The number of nitrogen functional groups attached to an aromatic ring is 1. The van der Waals surface area contributed by atoms with E-state index < -0.39 is 6.10 Å². The van der Waals surface area contributed by atoms with Crippen LogP contribution in [0.5, 0.6) is 11.5 Å². The minimum atomic E-state index is -0.560. The first-order chi connectivity index (χ1) is 7.70. The van der Waals surface area contributed by atoms with Gasteiger partial charge in [0.2, 0.25) is 0 Å². The highest BCUT2D eigenvalue weighted by atomic mass is 16.6. The van der Waals surface area contributed by atoms with Gasteiger partial charge in [0.05, 0.1) is 13.7 Å². The number of nitrogens with two attached hydrogens (primary N) is 1. The number of anilines is 1. The zero-order chi connectivity index (χ0) is 11.5. The van der Waals surface area contributed by atoms with Crippen molar-refractivity contribution in [3.63, 3.8) is 0 Å². The fourth-order valence-electron chi connectivity index (χ4n) is 1.52. The van der Waals surface area contributed by atoms with Gasteiger partial charge in [-0.1, -0.05) is 0 Å². The minimum absolute atomic E-state index is 0.343. The number of esters is 1. The normalized spacial score (nSPS) is 19.3. The fourth-order valence-corrected chi connectivity index (χ4v) is 1.52. The Morgan fingerprint density at radius 1 is 1.44 bits per heavy atom. The van der Waals surface area contributed by atoms with Crippen molar-refractivity contribution in [2.24, 2.45) is 0 Å². The molecule has 0 aromatic heterocycles. The predicted molar refractivity (Wildman–Crippen MR) is 57.4 cm³/mol. The van der Waals surface area contributed by atoms with Crippen LogP contribution in [-0.2, 0) is 9.53 Å². The first-order valence-corrected chi connectivity index (χ1v) is 4.97. The molecule has 1 fully saturated rings. The molecule has 0 aliphatic carbocycles. The highest BCUT2D eigenvalue weighted by molar-refractivity contribution is 5.77. The number of ether oxygens (including phenoxy) is 3. The number of cyclic esters (lactones) is 1. The van der Waals surface area contributed by atoms with Crippen molar-refractivity contribution in [3.8, 4) is 11.5 Å². The summed E-state index contributed by atoms with van der Waals surface area (Å²) in [5, 5.41) is 0. The third-order valence-electron chi connectivity index (χ3n) is 2.34. The molecule has 2 N–H and O–H groups in total. The van der Waals surface area contributed by atoms with Gasteiger partial charge in [0.15, 0.2) is 17.6 Å². The maximum atomic E-state index is 11.2. The van der Waals surface area contributed by atoms with Crippen LogP contribution in [0.3, 0.4) is 0 Å². The number of carbonyl (C=O) groups excluding carboxylic acids is 1. The van der Waals surface area contributed by atoms with E-state index in [-0.39, 0.29) is 5.97 Å². The zero-order valence-corrected chi connectivity index (χ0v) is 8.93. The molecule has 86 valence electrons. The third kappa shape index (κ3) is 2.03. The summed E-state index contributed by atoms with van der Waals surface area (Å²) in [5.41, 5.74) is 6.20. The van der Waals surface area contributed by atoms with Crippen molar-refractivity contribution in [2.75, 3.05) is 19.5 Å². The van der Waals surface area contributed by atoms with Crippen LogP contribution in [0.15, 0.2) is 18.2 Å². The molecule has 1 unspecified atom stereocenters. The van der Waals surface area contributed by atoms with Crippen LogP contribution in [0, 0.1) is 0 Å². The van der Waals surface area contributed by atoms with Crippen molar-refractivity contribution >= 4 is 11.7 Å². The summed E-state index contributed by atoms with van der Waals surface area (Å²) in [7, 11) is 1.53. The highest BCUT2D eigenvalue weighted by Gasteiger charge is 2.29. The molecule has 0 bridgehead atoms. The van der Waals surface area contributed by atoms with E-state index in [2.05, 4.69) is 0 Å². The molecule has 0 spiro atoms. The van der Waals surface area contributed by atoms with E-state index >= 15 is 0 Å². The summed E-state index contributed by atoms with van der Waals surface area (Å²) in [5.74, 6) is 0.671. The molecule has 1 aromatic rings. The van der Waals surface area contributed by atoms with Crippen LogP contribution in [0.2, 0.25) is 0 Å². The molecule has 16 heavy (non-hydrogen) atoms. The summed E-state index contributed by atoms with van der Waals surface area (Å²) in [6, 6.07) is 5.04. The van der Waals surface area contributed by atoms with Gasteiger partial charge in [-0.25, -0.2) is 4.79 Å². The Bertz CT molecular complexity index is 405. The summed E-state index contributed by atoms with van der Waals surface area (Å²) < 4.78 is 15.4. The Balaban J connectivity index is 2.19. The van der Waals surface area contributed by atoms with Crippen LogP contribution in [0.4, 0.5) is 5.69 Å². The number of rotatable bonds is 3. The first-order valence-electron chi connectivity index (χ1n) is 4.97. The van der Waals surface area contributed by atoms with Gasteiger partial charge >= 0.3 is 5.97 Å². The van der Waals surface area contributed by atoms with E-state index in [4.69, 9.17) is 19.9 Å². The first kappa shape index (κ1) is 10.6. The van der Waals surface area contributed by atoms with E-state index in [1.54, 1.807) is 18.2 Å². The number of hydrogen-bond donors (Lipinski definition) is 1. The van der Waals surface area contributed by atoms with Crippen LogP contribution >= 0.6 is 0 Å². The molecule has 1 saturated heterocycles. The molecule has 2 rings (SSSR count). The van der Waals surface area contributed by atoms with Crippen molar-refractivity contribution in [1.29, 1.82) is 0 Å². The van der Waals surface area contributed by atoms with Gasteiger partial charge in [-0.2, -0.15) is 0 Å². The van der Waals surface area contributed by atoms with Crippen LogP contribution in [0.1, 0.15) is 6.42 Å². The summed E-state index contributed by atoms with van der Waals surface area (Å²) in [6.07, 6.45) is -0.00717. The maximum absolute atomic E-state index is 11.2. The second-order valence-corrected chi connectivity index (χ2v) is 3.47. The second kappa shape index (κ2) is 4.30. The second-order valence-electron chi connectivity index (χ2n) is 3.47. The van der Waals surface area contributed by atoms with Crippen molar-refractivity contribution in [2.45, 2.75) is 12.5 Å². The van der Waals surface area contributed by atoms with Gasteiger partial charge in [-0.3, -0.25) is 0 Å². The van der Waals surface area contributed by atoms with Crippen LogP contribution < -0.4 is 15.2 Å². The van der Waals surface area contributed by atoms with Gasteiger partial charge in [-0.15, -0.1) is 0 Å². The lowest BCUT2D eigenvalue weighted by Gasteiger charge is -2.13. The van der Waals surface area contributed by atoms with E-state index in [1.807, 2.05) is 0 Å². The zero-order valence-electron chi connectivity index (χ0n) is 8.93. The monoisotopic (exact) mass is 223 g/mol. The molecule has 5 nitrogen and oxygen atoms in total. The van der Waals surface area contributed by atoms with Crippen molar-refractivity contribution < 1.29 is 19.0 Å². The Kier molecular flexibility index (Phi) is 2.85. The quantitative estimate of drug-likeness (QED) is 0.610. The molecule has 1 heterocycles. The maximum Gasteiger partial charge on any atom is 0.347 e. The molecule has 1 atom stereocenters. The largest absolute Gasteiger partial charge is 0.493 e. The van der Waals surface area contributed by atoms with E-state index in [1.165, 1.54) is 7.11 Å². The average Bonchev–Trinajstić information content (AvgIpc) is 2.65. The lowest BCUT2D eigenvalue weighted by Crippen LogP contribution is -2.22. The summed E-state index contributed by atoms with van der Waals surface area (Å²) in [4.78, 5) is 11.2. The average molecular weight is 223 g/mol. The topological polar surface area (TPSA) is 70.8 Å². The van der Waals surface area contributed by atoms with E-state index in [0.29, 0.717) is 30.2 Å². The van der Waals surface area contributed by atoms with Crippen molar-refractivity contribution in [3.05, 3.63) is 18.2 Å². The third-order valence-corrected chi connectivity index (χ3v) is 2.34. The summed E-state index contributed by atoms with van der Waals surface area (Å²) >= 11 is 0. The van der Waals surface area contributed by atoms with E-state index in [9.17, 15) is 4.79 Å². The molecule has 1 aliphatic heterocycles. The number of carbonyl (C=O) groups is 1. The molecule has 0 radical (unpaired) electrons. The molecule has 1 aliphatic rings. The van der Waals surface area contributed by atoms with Crippen LogP contribution in [-0.4, -0.2) is 25.8 Å². The van der Waals surface area contributed by atoms with Gasteiger partial charge in [0.25, 0.3) is 0 Å². The highest BCUT2D eigenvalue weighted by Crippen LogP contribution is 2.31. The molecule has 5 heteroatoms. The molecule has 0 amide bonds. The lowest BCUT2D eigenvalue weighted by atomic mass is 10.2. The van der Waals surface area contributed by atoms with Crippen LogP contribution in [0.25, 0.3) is 0 Å². The fraction of sp³-hybridized carbons (Fsp3) is 0.364. The summed E-state index contributed by atoms with van der Waals surface area (Å²) in [6.45, 7) is 0.397. The Labute approximate surface area is 93.1 Å². The standard InChI is InChI=1S/C11H13NO4/c1-14-8-3-2-7(12)6-10(8)16-9-4-5-15-11(9)13/h2-3,6,9H,4-5,12H2,1H3. The Morgan fingerprint density at radius 3 is 2.88 bits per heavy atom. The number of benzene rings is 1. The number of methoxy groups -OCH3 is 1.